The molecule has 0 saturated carbocycles. The zero-order chi connectivity index (χ0) is 13.0. The number of nitrogens with one attached hydrogen (secondary N) is 1. The maximum atomic E-state index is 4.45. The van der Waals surface area contributed by atoms with Gasteiger partial charge in [0, 0.05) is 42.9 Å². The first kappa shape index (κ1) is 14.0. The summed E-state index contributed by atoms with van der Waals surface area (Å²) in [6.07, 6.45) is 3.13. The summed E-state index contributed by atoms with van der Waals surface area (Å²) in [4.78, 5) is 6.95. The molecular formula is C14H22BrN3. The lowest BCUT2D eigenvalue weighted by Crippen LogP contribution is -2.50. The topological polar surface area (TPSA) is 28.2 Å². The zero-order valence-electron chi connectivity index (χ0n) is 11.2. The molecule has 4 heteroatoms. The van der Waals surface area contributed by atoms with Gasteiger partial charge in [-0.25, -0.2) is 0 Å². The van der Waals surface area contributed by atoms with E-state index in [1.807, 2.05) is 6.20 Å². The van der Waals surface area contributed by atoms with E-state index in [-0.39, 0.29) is 0 Å². The summed E-state index contributed by atoms with van der Waals surface area (Å²) in [6.45, 7) is 8.88. The lowest BCUT2D eigenvalue weighted by atomic mass is 10.0. The highest BCUT2D eigenvalue weighted by molar-refractivity contribution is 9.10. The van der Waals surface area contributed by atoms with Crippen molar-refractivity contribution in [3.63, 3.8) is 0 Å². The largest absolute Gasteiger partial charge is 0.311 e. The van der Waals surface area contributed by atoms with Gasteiger partial charge in [0.2, 0.25) is 0 Å². The van der Waals surface area contributed by atoms with Crippen molar-refractivity contribution in [1.29, 1.82) is 0 Å². The van der Waals surface area contributed by atoms with Crippen molar-refractivity contribution in [2.24, 2.45) is 5.92 Å². The third-order valence-corrected chi connectivity index (χ3v) is 3.74. The molecule has 1 saturated heterocycles. The van der Waals surface area contributed by atoms with E-state index in [9.17, 15) is 0 Å². The fourth-order valence-electron chi connectivity index (χ4n) is 2.49. The maximum Gasteiger partial charge on any atom is 0.0544 e. The monoisotopic (exact) mass is 311 g/mol. The third-order valence-electron chi connectivity index (χ3n) is 3.27. The molecule has 1 fully saturated rings. The van der Waals surface area contributed by atoms with E-state index in [4.69, 9.17) is 0 Å². The van der Waals surface area contributed by atoms with Gasteiger partial charge in [0.15, 0.2) is 0 Å². The smallest absolute Gasteiger partial charge is 0.0544 e. The van der Waals surface area contributed by atoms with Gasteiger partial charge in [0.1, 0.15) is 0 Å². The lowest BCUT2D eigenvalue weighted by Gasteiger charge is -2.34. The molecule has 1 N–H and O–H groups in total. The molecule has 0 aromatic carbocycles. The SMILES string of the molecule is CC(C)CC1CN(Cc2ccc(Br)cn2)CCN1. The predicted octanol–water partition coefficient (Wildman–Crippen LogP) is 2.66. The van der Waals surface area contributed by atoms with Crippen LogP contribution in [0.3, 0.4) is 0 Å². The summed E-state index contributed by atoms with van der Waals surface area (Å²) in [5.74, 6) is 0.758. The van der Waals surface area contributed by atoms with E-state index in [0.717, 1.165) is 42.3 Å². The molecule has 2 rings (SSSR count). The van der Waals surface area contributed by atoms with Gasteiger partial charge in [-0.05, 0) is 40.4 Å². The second-order valence-electron chi connectivity index (χ2n) is 5.48. The van der Waals surface area contributed by atoms with Crippen LogP contribution in [0.2, 0.25) is 0 Å². The van der Waals surface area contributed by atoms with Gasteiger partial charge in [-0.15, -0.1) is 0 Å². The Hall–Kier alpha value is -0.450. The maximum absolute atomic E-state index is 4.45. The molecule has 1 aromatic heterocycles. The highest BCUT2D eigenvalue weighted by atomic mass is 79.9. The van der Waals surface area contributed by atoms with Crippen LogP contribution in [-0.4, -0.2) is 35.6 Å². The summed E-state index contributed by atoms with van der Waals surface area (Å²) < 4.78 is 1.05. The lowest BCUT2D eigenvalue weighted by molar-refractivity contribution is 0.178. The Morgan fingerprint density at radius 2 is 2.33 bits per heavy atom. The van der Waals surface area contributed by atoms with E-state index in [1.54, 1.807) is 0 Å². The van der Waals surface area contributed by atoms with E-state index in [0.29, 0.717) is 6.04 Å². The van der Waals surface area contributed by atoms with Crippen LogP contribution in [0.1, 0.15) is 26.0 Å². The molecule has 1 aromatic rings. The van der Waals surface area contributed by atoms with Crippen LogP contribution in [0.5, 0.6) is 0 Å². The molecule has 18 heavy (non-hydrogen) atoms. The van der Waals surface area contributed by atoms with Crippen LogP contribution in [0.4, 0.5) is 0 Å². The molecule has 1 aliphatic rings. The Morgan fingerprint density at radius 3 is 3.00 bits per heavy atom. The highest BCUT2D eigenvalue weighted by Crippen LogP contribution is 2.13. The van der Waals surface area contributed by atoms with E-state index in [1.165, 1.54) is 6.42 Å². The van der Waals surface area contributed by atoms with Crippen LogP contribution in [0.25, 0.3) is 0 Å². The highest BCUT2D eigenvalue weighted by Gasteiger charge is 2.20. The van der Waals surface area contributed by atoms with Crippen LogP contribution >= 0.6 is 15.9 Å². The van der Waals surface area contributed by atoms with E-state index < -0.39 is 0 Å². The molecule has 0 radical (unpaired) electrons. The Balaban J connectivity index is 1.87. The van der Waals surface area contributed by atoms with Gasteiger partial charge < -0.3 is 5.32 Å². The van der Waals surface area contributed by atoms with Crippen molar-refractivity contribution in [2.75, 3.05) is 19.6 Å². The second-order valence-corrected chi connectivity index (χ2v) is 6.40. The predicted molar refractivity (Wildman–Crippen MR) is 78.5 cm³/mol. The Labute approximate surface area is 118 Å². The first-order valence-electron chi connectivity index (χ1n) is 6.69. The Bertz CT molecular complexity index is 364. The molecule has 0 aliphatic carbocycles. The normalized spacial score (nSPS) is 21.4. The summed E-state index contributed by atoms with van der Waals surface area (Å²) >= 11 is 3.42. The first-order chi connectivity index (χ1) is 8.63. The number of pyridine rings is 1. The van der Waals surface area contributed by atoms with E-state index in [2.05, 4.69) is 57.1 Å². The van der Waals surface area contributed by atoms with Crippen molar-refractivity contribution in [2.45, 2.75) is 32.9 Å². The van der Waals surface area contributed by atoms with E-state index >= 15 is 0 Å². The quantitative estimate of drug-likeness (QED) is 0.926. The van der Waals surface area contributed by atoms with Crippen LogP contribution in [0, 0.1) is 5.92 Å². The number of rotatable bonds is 4. The average Bonchev–Trinajstić information content (AvgIpc) is 2.32. The standard InChI is InChI=1S/C14H22BrN3/c1-11(2)7-14-10-18(6-5-16-14)9-13-4-3-12(15)8-17-13/h3-4,8,11,14,16H,5-7,9-10H2,1-2H3. The fourth-order valence-corrected chi connectivity index (χ4v) is 2.73. The van der Waals surface area contributed by atoms with Crippen LogP contribution in [0.15, 0.2) is 22.8 Å². The van der Waals surface area contributed by atoms with Gasteiger partial charge >= 0.3 is 0 Å². The molecule has 0 amide bonds. The van der Waals surface area contributed by atoms with Gasteiger partial charge in [-0.3, -0.25) is 9.88 Å². The minimum Gasteiger partial charge on any atom is -0.311 e. The summed E-state index contributed by atoms with van der Waals surface area (Å²) in [5.41, 5.74) is 1.16. The van der Waals surface area contributed by atoms with Crippen LogP contribution in [-0.2, 0) is 6.54 Å². The molecule has 1 aliphatic heterocycles. The van der Waals surface area contributed by atoms with Gasteiger partial charge in [0.05, 0.1) is 5.69 Å². The fraction of sp³-hybridized carbons (Fsp3) is 0.643. The second kappa shape index (κ2) is 6.64. The van der Waals surface area contributed by atoms with Crippen molar-refractivity contribution >= 4 is 15.9 Å². The minimum absolute atomic E-state index is 0.634. The summed E-state index contributed by atoms with van der Waals surface area (Å²) in [6, 6.07) is 4.80. The molecule has 0 spiro atoms. The zero-order valence-corrected chi connectivity index (χ0v) is 12.8. The third kappa shape index (κ3) is 4.34. The number of halogens is 1. The Morgan fingerprint density at radius 1 is 1.50 bits per heavy atom. The molecule has 100 valence electrons. The summed E-state index contributed by atoms with van der Waals surface area (Å²) in [7, 11) is 0. The molecule has 0 bridgehead atoms. The number of hydrogen-bond donors (Lipinski definition) is 1. The van der Waals surface area contributed by atoms with Crippen molar-refractivity contribution in [1.82, 2.24) is 15.2 Å². The van der Waals surface area contributed by atoms with Crippen molar-refractivity contribution in [3.05, 3.63) is 28.5 Å². The first-order valence-corrected chi connectivity index (χ1v) is 7.49. The average molecular weight is 312 g/mol. The number of piperazine rings is 1. The van der Waals surface area contributed by atoms with Gasteiger partial charge in [-0.1, -0.05) is 13.8 Å². The van der Waals surface area contributed by atoms with Crippen molar-refractivity contribution in [3.8, 4) is 0 Å². The van der Waals surface area contributed by atoms with Gasteiger partial charge in [0.25, 0.3) is 0 Å². The van der Waals surface area contributed by atoms with Gasteiger partial charge in [-0.2, -0.15) is 0 Å². The minimum atomic E-state index is 0.634. The molecular weight excluding hydrogens is 290 g/mol. The Kier molecular flexibility index (Phi) is 5.15. The number of nitrogens with zero attached hydrogens (tertiary/aromatic N) is 2. The molecule has 1 unspecified atom stereocenters. The summed E-state index contributed by atoms with van der Waals surface area (Å²) in [5, 5.41) is 3.61. The molecule has 2 heterocycles. The number of hydrogen-bond acceptors (Lipinski definition) is 3. The van der Waals surface area contributed by atoms with Crippen LogP contribution < -0.4 is 5.32 Å². The molecule has 3 nitrogen and oxygen atoms in total. The molecule has 1 atom stereocenters. The number of aromatic nitrogens is 1. The van der Waals surface area contributed by atoms with Crippen molar-refractivity contribution < 1.29 is 0 Å².